The maximum Gasteiger partial charge on any atom is 0.126 e. The molecule has 1 aromatic carbocycles. The highest BCUT2D eigenvalue weighted by Gasteiger charge is 2.38. The minimum Gasteiger partial charge on any atom is -0.390 e. The summed E-state index contributed by atoms with van der Waals surface area (Å²) in [4.78, 5) is 0. The van der Waals surface area contributed by atoms with Crippen LogP contribution in [-0.4, -0.2) is 10.7 Å². The number of hydrogen-bond acceptors (Lipinski definition) is 1. The summed E-state index contributed by atoms with van der Waals surface area (Å²) >= 11 is 3.38. The summed E-state index contributed by atoms with van der Waals surface area (Å²) in [5.74, 6) is 0.442. The maximum absolute atomic E-state index is 13.9. The molecule has 0 bridgehead atoms. The fraction of sp³-hybridized carbons (Fsp3) is 0.667. The van der Waals surface area contributed by atoms with E-state index >= 15 is 0 Å². The largest absolute Gasteiger partial charge is 0.390 e. The van der Waals surface area contributed by atoms with Gasteiger partial charge in [0.2, 0.25) is 0 Å². The Morgan fingerprint density at radius 1 is 1.33 bits per heavy atom. The first-order valence-corrected chi connectivity index (χ1v) is 8.71. The third-order valence-electron chi connectivity index (χ3n) is 5.46. The molecule has 3 heteroatoms. The Bertz CT molecular complexity index is 490. The fourth-order valence-corrected chi connectivity index (χ4v) is 3.84. The van der Waals surface area contributed by atoms with E-state index in [0.717, 1.165) is 36.6 Å². The van der Waals surface area contributed by atoms with Crippen LogP contribution in [0.2, 0.25) is 0 Å². The van der Waals surface area contributed by atoms with Crippen LogP contribution < -0.4 is 0 Å². The molecule has 118 valence electrons. The molecule has 0 unspecified atom stereocenters. The quantitative estimate of drug-likeness (QED) is 0.756. The highest BCUT2D eigenvalue weighted by molar-refractivity contribution is 9.10. The zero-order chi connectivity index (χ0) is 15.7. The van der Waals surface area contributed by atoms with E-state index < -0.39 is 5.60 Å². The van der Waals surface area contributed by atoms with Crippen LogP contribution in [0.15, 0.2) is 22.7 Å². The van der Waals surface area contributed by atoms with Gasteiger partial charge < -0.3 is 5.11 Å². The SMILES string of the molecule is CCC(C)(C)C1CCC(O)(Cc2cc(Br)ccc2F)CC1. The van der Waals surface area contributed by atoms with Crippen LogP contribution in [0.5, 0.6) is 0 Å². The molecule has 2 rings (SSSR count). The number of halogens is 2. The van der Waals surface area contributed by atoms with Crippen LogP contribution in [0, 0.1) is 17.2 Å². The van der Waals surface area contributed by atoms with Gasteiger partial charge in [-0.25, -0.2) is 4.39 Å². The molecule has 0 atom stereocenters. The van der Waals surface area contributed by atoms with E-state index in [1.807, 2.05) is 0 Å². The Kier molecular flexibility index (Phi) is 5.15. The fourth-order valence-electron chi connectivity index (χ4n) is 3.44. The van der Waals surface area contributed by atoms with Crippen LogP contribution in [0.3, 0.4) is 0 Å². The van der Waals surface area contributed by atoms with Gasteiger partial charge in [-0.3, -0.25) is 0 Å². The van der Waals surface area contributed by atoms with Crippen molar-refractivity contribution in [3.63, 3.8) is 0 Å². The number of aliphatic hydroxyl groups is 1. The van der Waals surface area contributed by atoms with E-state index in [1.54, 1.807) is 12.1 Å². The molecule has 1 aliphatic rings. The van der Waals surface area contributed by atoms with Gasteiger partial charge >= 0.3 is 0 Å². The van der Waals surface area contributed by atoms with Crippen molar-refractivity contribution in [2.24, 2.45) is 11.3 Å². The molecule has 1 aromatic rings. The van der Waals surface area contributed by atoms with Gasteiger partial charge in [-0.15, -0.1) is 0 Å². The molecule has 0 heterocycles. The zero-order valence-electron chi connectivity index (χ0n) is 13.3. The van der Waals surface area contributed by atoms with E-state index in [1.165, 1.54) is 6.07 Å². The monoisotopic (exact) mass is 356 g/mol. The highest BCUT2D eigenvalue weighted by atomic mass is 79.9. The molecule has 1 aliphatic carbocycles. The first-order chi connectivity index (χ1) is 9.76. The second-order valence-electron chi connectivity index (χ2n) is 7.25. The number of rotatable bonds is 4. The highest BCUT2D eigenvalue weighted by Crippen LogP contribution is 2.44. The topological polar surface area (TPSA) is 20.2 Å². The summed E-state index contributed by atoms with van der Waals surface area (Å²) in [5.41, 5.74) is 0.199. The van der Waals surface area contributed by atoms with E-state index in [4.69, 9.17) is 0 Å². The normalized spacial score (nSPS) is 26.9. The molecule has 0 saturated heterocycles. The van der Waals surface area contributed by atoms with Crippen molar-refractivity contribution in [3.05, 3.63) is 34.1 Å². The average molecular weight is 357 g/mol. The summed E-state index contributed by atoms with van der Waals surface area (Å²) < 4.78 is 14.7. The molecule has 0 aliphatic heterocycles. The third-order valence-corrected chi connectivity index (χ3v) is 5.95. The van der Waals surface area contributed by atoms with Gasteiger partial charge in [0.05, 0.1) is 5.60 Å². The standard InChI is InChI=1S/C18H26BrFO/c1-4-17(2,3)14-7-9-18(21,10-8-14)12-13-11-15(19)5-6-16(13)20/h5-6,11,14,21H,4,7-10,12H2,1-3H3. The maximum atomic E-state index is 13.9. The molecule has 0 amide bonds. The van der Waals surface area contributed by atoms with Crippen LogP contribution >= 0.6 is 15.9 Å². The third kappa shape index (κ3) is 4.07. The van der Waals surface area contributed by atoms with Gasteiger partial charge in [0, 0.05) is 10.9 Å². The molecule has 1 fully saturated rings. The van der Waals surface area contributed by atoms with Gasteiger partial charge in [0.1, 0.15) is 5.82 Å². The van der Waals surface area contributed by atoms with Crippen molar-refractivity contribution in [1.29, 1.82) is 0 Å². The second kappa shape index (κ2) is 6.37. The van der Waals surface area contributed by atoms with Crippen molar-refractivity contribution in [2.45, 2.75) is 64.9 Å². The summed E-state index contributed by atoms with van der Waals surface area (Å²) in [6.45, 7) is 6.86. The van der Waals surface area contributed by atoms with Crippen LogP contribution in [0.25, 0.3) is 0 Å². The van der Waals surface area contributed by atoms with E-state index in [9.17, 15) is 9.50 Å². The molecule has 21 heavy (non-hydrogen) atoms. The summed E-state index contributed by atoms with van der Waals surface area (Å²) in [6.07, 6.45) is 5.19. The predicted octanol–water partition coefficient (Wildman–Crippen LogP) is 5.49. The summed E-state index contributed by atoms with van der Waals surface area (Å²) in [5, 5.41) is 10.8. The Morgan fingerprint density at radius 3 is 2.52 bits per heavy atom. The van der Waals surface area contributed by atoms with E-state index in [-0.39, 0.29) is 5.82 Å². The minimum atomic E-state index is -0.748. The van der Waals surface area contributed by atoms with Crippen LogP contribution in [0.4, 0.5) is 4.39 Å². The summed E-state index contributed by atoms with van der Waals surface area (Å²) in [7, 11) is 0. The molecule has 0 spiro atoms. The van der Waals surface area contributed by atoms with Crippen LogP contribution in [-0.2, 0) is 6.42 Å². The van der Waals surface area contributed by atoms with Crippen molar-refractivity contribution >= 4 is 15.9 Å². The second-order valence-corrected chi connectivity index (χ2v) is 8.17. The lowest BCUT2D eigenvalue weighted by molar-refractivity contribution is -0.0281. The molecule has 1 nitrogen and oxygen atoms in total. The Hall–Kier alpha value is -0.410. The lowest BCUT2D eigenvalue weighted by atomic mass is 9.65. The molecular formula is C18H26BrFO. The first-order valence-electron chi connectivity index (χ1n) is 7.92. The first kappa shape index (κ1) is 17.0. The summed E-state index contributed by atoms with van der Waals surface area (Å²) in [6, 6.07) is 4.95. The zero-order valence-corrected chi connectivity index (χ0v) is 14.8. The Balaban J connectivity index is 2.04. The van der Waals surface area contributed by atoms with Gasteiger partial charge in [-0.1, -0.05) is 43.1 Å². The smallest absolute Gasteiger partial charge is 0.126 e. The van der Waals surface area contributed by atoms with E-state index in [2.05, 4.69) is 36.7 Å². The van der Waals surface area contributed by atoms with Crippen molar-refractivity contribution in [1.82, 2.24) is 0 Å². The number of hydrogen-bond donors (Lipinski definition) is 1. The van der Waals surface area contributed by atoms with Gasteiger partial charge in [0.25, 0.3) is 0 Å². The Labute approximate surface area is 136 Å². The van der Waals surface area contributed by atoms with Crippen molar-refractivity contribution < 1.29 is 9.50 Å². The Morgan fingerprint density at radius 2 is 1.95 bits per heavy atom. The van der Waals surface area contributed by atoms with Crippen molar-refractivity contribution in [2.75, 3.05) is 0 Å². The minimum absolute atomic E-state index is 0.220. The lowest BCUT2D eigenvalue weighted by Gasteiger charge is -2.42. The molecular weight excluding hydrogens is 331 g/mol. The van der Waals surface area contributed by atoms with E-state index in [0.29, 0.717) is 23.3 Å². The molecule has 0 aromatic heterocycles. The van der Waals surface area contributed by atoms with Crippen molar-refractivity contribution in [3.8, 4) is 0 Å². The lowest BCUT2D eigenvalue weighted by Crippen LogP contribution is -2.39. The number of benzene rings is 1. The predicted molar refractivity (Wildman–Crippen MR) is 88.8 cm³/mol. The molecule has 1 saturated carbocycles. The molecule has 1 N–H and O–H groups in total. The van der Waals surface area contributed by atoms with Crippen LogP contribution in [0.1, 0.15) is 58.4 Å². The van der Waals surface area contributed by atoms with Gasteiger partial charge in [-0.05, 0) is 60.8 Å². The van der Waals surface area contributed by atoms with Gasteiger partial charge in [0.15, 0.2) is 0 Å². The average Bonchev–Trinajstić information content (AvgIpc) is 2.43. The molecule has 0 radical (unpaired) electrons. The van der Waals surface area contributed by atoms with Gasteiger partial charge in [-0.2, -0.15) is 0 Å².